The first-order chi connectivity index (χ1) is 9.47. The number of imidazole rings is 1. The third-order valence-corrected chi connectivity index (χ3v) is 4.00. The van der Waals surface area contributed by atoms with Crippen LogP contribution in [0.1, 0.15) is 38.4 Å². The highest BCUT2D eigenvalue weighted by Crippen LogP contribution is 2.34. The zero-order valence-corrected chi connectivity index (χ0v) is 13.4. The van der Waals surface area contributed by atoms with Crippen LogP contribution in [0, 0.1) is 6.92 Å². The van der Waals surface area contributed by atoms with Gasteiger partial charge in [0.05, 0.1) is 7.18 Å². The standard InChI is InChI=1S/C16H22N2.CH3F/c1-6-16(3,4)14-10-8-7-9-13(14)15-17-11-12(2)18(15)5;1-2/h7-11H,6H2,1-5H3;1H3. The Morgan fingerprint density at radius 3 is 2.30 bits per heavy atom. The van der Waals surface area contributed by atoms with Crippen LogP contribution in [0.2, 0.25) is 0 Å². The summed E-state index contributed by atoms with van der Waals surface area (Å²) < 4.78 is 11.7. The van der Waals surface area contributed by atoms with Crippen molar-refractivity contribution in [3.8, 4) is 11.4 Å². The molecule has 1 aromatic heterocycles. The predicted molar refractivity (Wildman–Crippen MR) is 83.7 cm³/mol. The van der Waals surface area contributed by atoms with E-state index in [1.54, 1.807) is 0 Å². The third kappa shape index (κ3) is 3.09. The summed E-state index contributed by atoms with van der Waals surface area (Å²) >= 11 is 0. The summed E-state index contributed by atoms with van der Waals surface area (Å²) in [7, 11) is 2.58. The molecule has 0 aliphatic rings. The molecule has 0 fully saturated rings. The molecule has 1 heterocycles. The Labute approximate surface area is 121 Å². The molecule has 0 bridgehead atoms. The molecule has 0 spiro atoms. The van der Waals surface area contributed by atoms with E-state index in [2.05, 4.69) is 68.6 Å². The van der Waals surface area contributed by atoms with Crippen LogP contribution in [0.25, 0.3) is 11.4 Å². The zero-order chi connectivity index (χ0) is 15.3. The predicted octanol–water partition coefficient (Wildman–Crippen LogP) is 4.67. The minimum absolute atomic E-state index is 0.177. The minimum Gasteiger partial charge on any atom is -0.331 e. The first kappa shape index (κ1) is 16.4. The molecule has 2 aromatic rings. The molecule has 0 radical (unpaired) electrons. The number of alkyl halides is 1. The van der Waals surface area contributed by atoms with Crippen molar-refractivity contribution in [2.45, 2.75) is 39.5 Å². The van der Waals surface area contributed by atoms with Gasteiger partial charge < -0.3 is 4.57 Å². The molecule has 0 saturated carbocycles. The van der Waals surface area contributed by atoms with Crippen molar-refractivity contribution in [3.63, 3.8) is 0 Å². The van der Waals surface area contributed by atoms with Gasteiger partial charge in [0.1, 0.15) is 5.82 Å². The monoisotopic (exact) mass is 276 g/mol. The largest absolute Gasteiger partial charge is 0.331 e. The molecule has 20 heavy (non-hydrogen) atoms. The van der Waals surface area contributed by atoms with Gasteiger partial charge in [-0.3, -0.25) is 4.39 Å². The number of aromatic nitrogens is 2. The van der Waals surface area contributed by atoms with Crippen molar-refractivity contribution in [1.82, 2.24) is 9.55 Å². The van der Waals surface area contributed by atoms with Crippen LogP contribution in [0.15, 0.2) is 30.5 Å². The van der Waals surface area contributed by atoms with Gasteiger partial charge in [-0.2, -0.15) is 0 Å². The molecule has 0 amide bonds. The van der Waals surface area contributed by atoms with Crippen LogP contribution in [-0.4, -0.2) is 16.7 Å². The molecule has 0 aliphatic heterocycles. The van der Waals surface area contributed by atoms with Gasteiger partial charge in [-0.25, -0.2) is 4.98 Å². The van der Waals surface area contributed by atoms with Gasteiger partial charge >= 0.3 is 0 Å². The van der Waals surface area contributed by atoms with Crippen LogP contribution in [0.3, 0.4) is 0 Å². The summed E-state index contributed by atoms with van der Waals surface area (Å²) in [5.74, 6) is 1.06. The molecule has 2 nitrogen and oxygen atoms in total. The van der Waals surface area contributed by atoms with E-state index in [-0.39, 0.29) is 5.41 Å². The minimum atomic E-state index is 0.177. The summed E-state index contributed by atoms with van der Waals surface area (Å²) in [4.78, 5) is 4.56. The maximum absolute atomic E-state index is 9.50. The average molecular weight is 276 g/mol. The van der Waals surface area contributed by atoms with E-state index < -0.39 is 0 Å². The third-order valence-electron chi connectivity index (χ3n) is 4.00. The molecule has 1 aromatic carbocycles. The molecular weight excluding hydrogens is 251 g/mol. The lowest BCUT2D eigenvalue weighted by molar-refractivity contribution is 0.507. The normalized spacial score (nSPS) is 10.9. The van der Waals surface area contributed by atoms with E-state index in [0.717, 1.165) is 12.2 Å². The van der Waals surface area contributed by atoms with Crippen molar-refractivity contribution in [2.75, 3.05) is 7.18 Å². The Morgan fingerprint density at radius 2 is 1.80 bits per heavy atom. The fourth-order valence-electron chi connectivity index (χ4n) is 2.20. The number of hydrogen-bond acceptors (Lipinski definition) is 1. The second-order valence-electron chi connectivity index (χ2n) is 5.57. The number of nitrogens with zero attached hydrogens (tertiary/aromatic N) is 2. The summed E-state index contributed by atoms with van der Waals surface area (Å²) in [5.41, 5.74) is 3.99. The molecule has 0 atom stereocenters. The summed E-state index contributed by atoms with van der Waals surface area (Å²) in [6.45, 7) is 8.91. The Balaban J connectivity index is 0.000000956. The summed E-state index contributed by atoms with van der Waals surface area (Å²) in [6.07, 6.45) is 3.05. The van der Waals surface area contributed by atoms with Crippen molar-refractivity contribution in [3.05, 3.63) is 41.7 Å². The Morgan fingerprint density at radius 1 is 1.20 bits per heavy atom. The van der Waals surface area contributed by atoms with Crippen molar-refractivity contribution in [2.24, 2.45) is 7.05 Å². The second kappa shape index (κ2) is 6.69. The molecule has 3 heteroatoms. The van der Waals surface area contributed by atoms with Gasteiger partial charge in [0.15, 0.2) is 0 Å². The average Bonchev–Trinajstić information content (AvgIpc) is 2.81. The van der Waals surface area contributed by atoms with Crippen LogP contribution in [-0.2, 0) is 12.5 Å². The highest BCUT2D eigenvalue weighted by Gasteiger charge is 2.23. The summed E-state index contributed by atoms with van der Waals surface area (Å²) in [6, 6.07) is 8.61. The van der Waals surface area contributed by atoms with Crippen LogP contribution in [0.5, 0.6) is 0 Å². The highest BCUT2D eigenvalue weighted by molar-refractivity contribution is 5.63. The first-order valence-corrected chi connectivity index (χ1v) is 6.93. The first-order valence-electron chi connectivity index (χ1n) is 6.93. The van der Waals surface area contributed by atoms with E-state index in [0.29, 0.717) is 7.18 Å². The number of hydrogen-bond donors (Lipinski definition) is 0. The molecule has 0 N–H and O–H groups in total. The van der Waals surface area contributed by atoms with E-state index in [4.69, 9.17) is 0 Å². The van der Waals surface area contributed by atoms with E-state index in [1.165, 1.54) is 16.8 Å². The van der Waals surface area contributed by atoms with Gasteiger partial charge in [0, 0.05) is 24.5 Å². The van der Waals surface area contributed by atoms with Gasteiger partial charge in [-0.15, -0.1) is 0 Å². The smallest absolute Gasteiger partial charge is 0.140 e. The van der Waals surface area contributed by atoms with Crippen LogP contribution in [0.4, 0.5) is 4.39 Å². The molecule has 0 aliphatic carbocycles. The quantitative estimate of drug-likeness (QED) is 0.796. The molecule has 0 unspecified atom stereocenters. The van der Waals surface area contributed by atoms with Gasteiger partial charge in [0.2, 0.25) is 0 Å². The fourth-order valence-corrected chi connectivity index (χ4v) is 2.20. The van der Waals surface area contributed by atoms with E-state index >= 15 is 0 Å². The van der Waals surface area contributed by atoms with Crippen LogP contribution >= 0.6 is 0 Å². The maximum Gasteiger partial charge on any atom is 0.140 e. The van der Waals surface area contributed by atoms with Crippen molar-refractivity contribution in [1.29, 1.82) is 0 Å². The van der Waals surface area contributed by atoms with Crippen LogP contribution < -0.4 is 0 Å². The zero-order valence-electron chi connectivity index (χ0n) is 13.4. The van der Waals surface area contributed by atoms with Gasteiger partial charge in [0.25, 0.3) is 0 Å². The lowest BCUT2D eigenvalue weighted by atomic mass is 9.79. The fraction of sp³-hybridized carbons (Fsp3) is 0.471. The molecule has 2 rings (SSSR count). The maximum atomic E-state index is 9.50. The lowest BCUT2D eigenvalue weighted by Gasteiger charge is -2.26. The molecular formula is C17H25FN2. The van der Waals surface area contributed by atoms with E-state index in [1.807, 2.05) is 6.20 Å². The highest BCUT2D eigenvalue weighted by atomic mass is 19.1. The van der Waals surface area contributed by atoms with Gasteiger partial charge in [-0.1, -0.05) is 45.0 Å². The van der Waals surface area contributed by atoms with Crippen molar-refractivity contribution >= 4 is 0 Å². The van der Waals surface area contributed by atoms with Gasteiger partial charge in [-0.05, 0) is 24.3 Å². The SMILES string of the molecule is CCC(C)(C)c1ccccc1-c1ncc(C)n1C.CF. The number of benzene rings is 1. The topological polar surface area (TPSA) is 17.8 Å². The molecule has 110 valence electrons. The Hall–Kier alpha value is -1.64. The summed E-state index contributed by atoms with van der Waals surface area (Å²) in [5, 5.41) is 0. The number of halogens is 1. The number of aryl methyl sites for hydroxylation is 1. The molecule has 0 saturated heterocycles. The van der Waals surface area contributed by atoms with Crippen molar-refractivity contribution < 1.29 is 4.39 Å². The van der Waals surface area contributed by atoms with E-state index in [9.17, 15) is 4.39 Å². The number of rotatable bonds is 3. The lowest BCUT2D eigenvalue weighted by Crippen LogP contribution is -2.17. The Kier molecular flexibility index (Phi) is 5.49. The second-order valence-corrected chi connectivity index (χ2v) is 5.57. The Bertz CT molecular complexity index is 556.